The van der Waals surface area contributed by atoms with E-state index in [2.05, 4.69) is 77.9 Å². The largest absolute Gasteiger partial charge is 0.462 e. The highest BCUT2D eigenvalue weighted by molar-refractivity contribution is 5.91. The summed E-state index contributed by atoms with van der Waals surface area (Å²) in [5.41, 5.74) is 9.55. The van der Waals surface area contributed by atoms with Crippen molar-refractivity contribution < 1.29 is 14.3 Å². The third-order valence-electron chi connectivity index (χ3n) is 7.67. The molecule has 0 fully saturated rings. The minimum atomic E-state index is -0.318. The highest BCUT2D eigenvalue weighted by atomic mass is 16.5. The molecular weight excluding hydrogens is 570 g/mol. The van der Waals surface area contributed by atoms with Crippen molar-refractivity contribution in [2.45, 2.75) is 87.2 Å². The molecule has 244 valence electrons. The van der Waals surface area contributed by atoms with Crippen LogP contribution in [0, 0.1) is 17.8 Å². The van der Waals surface area contributed by atoms with Gasteiger partial charge in [-0.3, -0.25) is 15.0 Å². The number of carbonyl (C=O) groups is 1. The molecule has 0 bridgehead atoms. The van der Waals surface area contributed by atoms with Crippen LogP contribution < -0.4 is 0 Å². The summed E-state index contributed by atoms with van der Waals surface area (Å²) < 4.78 is 11.2. The molecule has 0 aliphatic carbocycles. The van der Waals surface area contributed by atoms with E-state index in [1.54, 1.807) is 0 Å². The smallest absolute Gasteiger partial charge is 0.339 e. The maximum atomic E-state index is 12.7. The Bertz CT molecular complexity index is 1560. The molecule has 0 saturated carbocycles. The molecule has 3 aromatic heterocycles. The van der Waals surface area contributed by atoms with Crippen molar-refractivity contribution in [2.24, 2.45) is 17.8 Å². The molecule has 4 aromatic rings. The zero-order chi connectivity index (χ0) is 33.1. The first-order chi connectivity index (χ1) is 22.1. The van der Waals surface area contributed by atoms with Crippen LogP contribution in [0.3, 0.4) is 0 Å². The summed E-state index contributed by atoms with van der Waals surface area (Å²) in [6.07, 6.45) is 4.19. The van der Waals surface area contributed by atoms with Crippen LogP contribution in [-0.2, 0) is 41.8 Å². The highest BCUT2D eigenvalue weighted by Crippen LogP contribution is 2.30. The Labute approximate surface area is 276 Å². The highest BCUT2D eigenvalue weighted by Gasteiger charge is 2.20. The van der Waals surface area contributed by atoms with Gasteiger partial charge in [-0.25, -0.2) is 4.79 Å². The zero-order valence-electron chi connectivity index (χ0n) is 28.8. The van der Waals surface area contributed by atoms with Crippen molar-refractivity contribution in [1.82, 2.24) is 15.0 Å². The molecular formula is C40H51N3O3. The van der Waals surface area contributed by atoms with Crippen molar-refractivity contribution in [3.05, 3.63) is 101 Å². The molecule has 0 saturated heterocycles. The first-order valence-corrected chi connectivity index (χ1v) is 16.9. The second-order valence-electron chi connectivity index (χ2n) is 13.3. The van der Waals surface area contributed by atoms with Crippen molar-refractivity contribution >= 4 is 5.97 Å². The molecule has 0 aliphatic rings. The zero-order valence-corrected chi connectivity index (χ0v) is 28.8. The summed E-state index contributed by atoms with van der Waals surface area (Å²) in [6, 6.07) is 22.7. The fourth-order valence-electron chi connectivity index (χ4n) is 5.60. The van der Waals surface area contributed by atoms with Gasteiger partial charge in [0.1, 0.15) is 0 Å². The molecule has 0 radical (unpaired) electrons. The fraction of sp³-hybridized carbons (Fsp3) is 0.450. The van der Waals surface area contributed by atoms with Crippen molar-refractivity contribution in [2.75, 3.05) is 13.2 Å². The topological polar surface area (TPSA) is 74.2 Å². The van der Waals surface area contributed by atoms with Crippen LogP contribution >= 0.6 is 0 Å². The number of carbonyl (C=O) groups excluding carboxylic acids is 1. The van der Waals surface area contributed by atoms with Gasteiger partial charge in [-0.2, -0.15) is 0 Å². The van der Waals surface area contributed by atoms with Gasteiger partial charge in [0.15, 0.2) is 0 Å². The van der Waals surface area contributed by atoms with Gasteiger partial charge in [-0.05, 0) is 98.7 Å². The molecule has 6 heteroatoms. The average Bonchev–Trinajstić information content (AvgIpc) is 3.01. The van der Waals surface area contributed by atoms with Crippen LogP contribution in [0.4, 0.5) is 0 Å². The fourth-order valence-corrected chi connectivity index (χ4v) is 5.60. The predicted molar refractivity (Wildman–Crippen MR) is 187 cm³/mol. The van der Waals surface area contributed by atoms with E-state index in [9.17, 15) is 4.79 Å². The number of esters is 1. The van der Waals surface area contributed by atoms with Gasteiger partial charge in [-0.15, -0.1) is 0 Å². The maximum Gasteiger partial charge on any atom is 0.339 e. The molecule has 6 nitrogen and oxygen atoms in total. The Morgan fingerprint density at radius 2 is 1.24 bits per heavy atom. The number of aromatic nitrogens is 3. The van der Waals surface area contributed by atoms with Gasteiger partial charge < -0.3 is 9.47 Å². The van der Waals surface area contributed by atoms with Crippen molar-refractivity contribution in [3.63, 3.8) is 0 Å². The molecule has 0 amide bonds. The van der Waals surface area contributed by atoms with E-state index in [-0.39, 0.29) is 5.97 Å². The number of rotatable bonds is 16. The minimum absolute atomic E-state index is 0.318. The van der Waals surface area contributed by atoms with E-state index in [0.29, 0.717) is 49.6 Å². The summed E-state index contributed by atoms with van der Waals surface area (Å²) in [5.74, 6) is 0.909. The van der Waals surface area contributed by atoms with Crippen molar-refractivity contribution in [3.8, 4) is 22.5 Å². The quantitative estimate of drug-likeness (QED) is 0.0918. The lowest BCUT2D eigenvalue weighted by atomic mass is 9.96. The van der Waals surface area contributed by atoms with E-state index in [4.69, 9.17) is 24.4 Å². The number of aryl methyl sites for hydroxylation is 1. The Balaban J connectivity index is 1.61. The first-order valence-electron chi connectivity index (χ1n) is 16.9. The molecule has 1 aromatic carbocycles. The van der Waals surface area contributed by atoms with Crippen LogP contribution in [0.2, 0.25) is 0 Å². The van der Waals surface area contributed by atoms with Gasteiger partial charge >= 0.3 is 5.97 Å². The summed E-state index contributed by atoms with van der Waals surface area (Å²) in [6.45, 7) is 16.7. The molecule has 4 rings (SSSR count). The third-order valence-corrected chi connectivity index (χ3v) is 7.67. The lowest BCUT2D eigenvalue weighted by Crippen LogP contribution is -2.12. The lowest BCUT2D eigenvalue weighted by Gasteiger charge is -2.17. The molecule has 0 aliphatic heterocycles. The van der Waals surface area contributed by atoms with Crippen LogP contribution in [0.25, 0.3) is 22.5 Å². The summed E-state index contributed by atoms with van der Waals surface area (Å²) in [7, 11) is 0. The van der Waals surface area contributed by atoms with Crippen LogP contribution in [0.15, 0.2) is 66.7 Å². The van der Waals surface area contributed by atoms with Gasteiger partial charge in [0.2, 0.25) is 0 Å². The number of hydrogen-bond donors (Lipinski definition) is 0. The summed E-state index contributed by atoms with van der Waals surface area (Å²) in [4.78, 5) is 28.1. The average molecular weight is 622 g/mol. The molecule has 0 N–H and O–H groups in total. The number of benzene rings is 1. The van der Waals surface area contributed by atoms with Gasteiger partial charge in [0.25, 0.3) is 0 Å². The van der Waals surface area contributed by atoms with Gasteiger partial charge in [0.05, 0.1) is 47.2 Å². The van der Waals surface area contributed by atoms with E-state index in [1.807, 2.05) is 37.3 Å². The second kappa shape index (κ2) is 17.1. The lowest BCUT2D eigenvalue weighted by molar-refractivity contribution is 0.0524. The van der Waals surface area contributed by atoms with E-state index >= 15 is 0 Å². The Morgan fingerprint density at radius 3 is 1.87 bits per heavy atom. The normalized spacial score (nSPS) is 11.5. The van der Waals surface area contributed by atoms with Crippen LogP contribution in [0.5, 0.6) is 0 Å². The third kappa shape index (κ3) is 10.1. The van der Waals surface area contributed by atoms with Gasteiger partial charge in [0, 0.05) is 23.4 Å². The molecule has 46 heavy (non-hydrogen) atoms. The van der Waals surface area contributed by atoms with Crippen molar-refractivity contribution in [1.29, 1.82) is 0 Å². The predicted octanol–water partition coefficient (Wildman–Crippen LogP) is 9.13. The van der Waals surface area contributed by atoms with E-state index in [0.717, 1.165) is 71.0 Å². The Morgan fingerprint density at radius 1 is 0.674 bits per heavy atom. The van der Waals surface area contributed by atoms with E-state index in [1.165, 1.54) is 5.56 Å². The summed E-state index contributed by atoms with van der Waals surface area (Å²) in [5, 5.41) is 0. The maximum absolute atomic E-state index is 12.7. The Kier molecular flexibility index (Phi) is 13.0. The summed E-state index contributed by atoms with van der Waals surface area (Å²) >= 11 is 0. The SMILES string of the molecule is CCOC(=O)c1ccc(-c2ccc(-c3ccc(CCCOCc4ccccc4)nc3CC(C)C)nc2CC(C)C)nc1CC(C)C. The molecule has 0 spiro atoms. The number of hydrogen-bond acceptors (Lipinski definition) is 6. The second-order valence-corrected chi connectivity index (χ2v) is 13.3. The van der Waals surface area contributed by atoms with Gasteiger partial charge in [-0.1, -0.05) is 71.9 Å². The monoisotopic (exact) mass is 621 g/mol. The van der Waals surface area contributed by atoms with Crippen LogP contribution in [-0.4, -0.2) is 34.1 Å². The Hall–Kier alpha value is -3.90. The molecule has 3 heterocycles. The van der Waals surface area contributed by atoms with E-state index < -0.39 is 0 Å². The number of nitrogens with zero attached hydrogens (tertiary/aromatic N) is 3. The van der Waals surface area contributed by atoms with Crippen LogP contribution in [0.1, 0.15) is 93.6 Å². The minimum Gasteiger partial charge on any atom is -0.462 e. The standard InChI is InChI=1S/C40H51N3O3/c1-8-46-40(44)34-19-21-36(43-39(34)25-29(6)7)33-18-20-35(42-38(33)24-28(4)5)32-17-16-31(41-37(32)23-27(2)3)15-12-22-45-26-30-13-10-9-11-14-30/h9-11,13-14,16-21,27-29H,8,12,15,22-26H2,1-7H3. The number of pyridine rings is 3. The molecule has 0 unspecified atom stereocenters. The first kappa shape index (κ1) is 35.0. The number of ether oxygens (including phenoxy) is 2. The molecule has 0 atom stereocenters.